The second kappa shape index (κ2) is 11.3. The zero-order valence-corrected chi connectivity index (χ0v) is 16.3. The highest BCUT2D eigenvalue weighted by Crippen LogP contribution is 2.16. The molecule has 0 aliphatic rings. The third-order valence-electron chi connectivity index (χ3n) is 3.97. The Morgan fingerprint density at radius 1 is 1.04 bits per heavy atom. The van der Waals surface area contributed by atoms with E-state index in [1.54, 1.807) is 6.07 Å². The third kappa shape index (κ3) is 7.35. The van der Waals surface area contributed by atoms with Gasteiger partial charge < -0.3 is 10.1 Å². The average molecular weight is 389 g/mol. The van der Waals surface area contributed by atoms with Crippen molar-refractivity contribution in [2.75, 3.05) is 11.9 Å². The van der Waals surface area contributed by atoms with Gasteiger partial charge >= 0.3 is 0 Å². The molecule has 0 saturated carbocycles. The number of unbranched alkanes of at least 4 members (excludes halogenated alkanes) is 4. The molecule has 0 spiro atoms. The van der Waals surface area contributed by atoms with E-state index in [4.69, 9.17) is 17.0 Å². The second-order valence-electron chi connectivity index (χ2n) is 6.18. The van der Waals surface area contributed by atoms with Gasteiger partial charge in [0.2, 0.25) is 0 Å². The van der Waals surface area contributed by atoms with Crippen molar-refractivity contribution in [2.45, 2.75) is 39.0 Å². The zero-order valence-electron chi connectivity index (χ0n) is 15.5. The molecule has 2 aromatic carbocycles. The number of anilines is 1. The maximum atomic E-state index is 13.6. The molecule has 0 bridgehead atoms. The number of rotatable bonds is 9. The molecule has 0 saturated heterocycles. The van der Waals surface area contributed by atoms with Crippen molar-refractivity contribution < 1.29 is 13.9 Å². The van der Waals surface area contributed by atoms with Gasteiger partial charge in [0.25, 0.3) is 5.91 Å². The van der Waals surface area contributed by atoms with E-state index in [9.17, 15) is 9.18 Å². The molecule has 0 aromatic heterocycles. The standard InChI is InChI=1S/C21H25FN2O2S/c1-2-3-4-5-8-15-26-17-13-11-16(12-14-17)23-21(27)24-20(25)18-9-6-7-10-19(18)22/h6-7,9-14H,2-5,8,15H2,1H3,(H2,23,24,25,27). The largest absolute Gasteiger partial charge is 0.494 e. The number of amides is 1. The van der Waals surface area contributed by atoms with Crippen LogP contribution in [-0.4, -0.2) is 17.6 Å². The molecule has 2 aromatic rings. The Balaban J connectivity index is 1.76. The fourth-order valence-corrected chi connectivity index (χ4v) is 2.72. The predicted octanol–water partition coefficient (Wildman–Crippen LogP) is 5.30. The smallest absolute Gasteiger partial charge is 0.260 e. The van der Waals surface area contributed by atoms with Crippen LogP contribution in [0.4, 0.5) is 10.1 Å². The summed E-state index contributed by atoms with van der Waals surface area (Å²) in [7, 11) is 0. The van der Waals surface area contributed by atoms with Gasteiger partial charge in [0.15, 0.2) is 5.11 Å². The third-order valence-corrected chi connectivity index (χ3v) is 4.18. The van der Waals surface area contributed by atoms with Crippen LogP contribution in [0.25, 0.3) is 0 Å². The van der Waals surface area contributed by atoms with E-state index in [-0.39, 0.29) is 10.7 Å². The summed E-state index contributed by atoms with van der Waals surface area (Å²) in [6.07, 6.45) is 5.99. The number of hydrogen-bond donors (Lipinski definition) is 2. The van der Waals surface area contributed by atoms with Gasteiger partial charge in [-0.3, -0.25) is 10.1 Å². The Bertz CT molecular complexity index is 750. The Labute approximate surface area is 165 Å². The van der Waals surface area contributed by atoms with Gasteiger partial charge in [0.05, 0.1) is 12.2 Å². The molecule has 0 aliphatic carbocycles. The summed E-state index contributed by atoms with van der Waals surface area (Å²) in [4.78, 5) is 12.0. The van der Waals surface area contributed by atoms with Crippen LogP contribution in [-0.2, 0) is 0 Å². The Hall–Kier alpha value is -2.47. The lowest BCUT2D eigenvalue weighted by Crippen LogP contribution is -2.34. The van der Waals surface area contributed by atoms with Crippen LogP contribution in [0.2, 0.25) is 0 Å². The first kappa shape index (κ1) is 20.8. The number of ether oxygens (including phenoxy) is 1. The SMILES string of the molecule is CCCCCCCOc1ccc(NC(=S)NC(=O)c2ccccc2F)cc1. The van der Waals surface area contributed by atoms with E-state index in [1.165, 1.54) is 43.9 Å². The number of hydrogen-bond acceptors (Lipinski definition) is 3. The molecular formula is C21H25FN2O2S. The fraction of sp³-hybridized carbons (Fsp3) is 0.333. The number of carbonyl (C=O) groups excluding carboxylic acids is 1. The summed E-state index contributed by atoms with van der Waals surface area (Å²) in [5.74, 6) is -0.389. The maximum absolute atomic E-state index is 13.6. The molecule has 1 amide bonds. The highest BCUT2D eigenvalue weighted by atomic mass is 32.1. The van der Waals surface area contributed by atoms with Crippen molar-refractivity contribution in [3.63, 3.8) is 0 Å². The number of carbonyl (C=O) groups is 1. The molecule has 2 rings (SSSR count). The van der Waals surface area contributed by atoms with Gasteiger partial charge in [0, 0.05) is 5.69 Å². The summed E-state index contributed by atoms with van der Waals surface area (Å²) >= 11 is 5.11. The highest BCUT2D eigenvalue weighted by molar-refractivity contribution is 7.80. The number of nitrogens with one attached hydrogen (secondary N) is 2. The molecule has 0 radical (unpaired) electrons. The first-order valence-corrected chi connectivity index (χ1v) is 9.60. The van der Waals surface area contributed by atoms with Gasteiger partial charge in [0.1, 0.15) is 11.6 Å². The van der Waals surface area contributed by atoms with E-state index in [0.717, 1.165) is 12.2 Å². The monoisotopic (exact) mass is 388 g/mol. The molecular weight excluding hydrogens is 363 g/mol. The summed E-state index contributed by atoms with van der Waals surface area (Å²) in [5, 5.41) is 5.47. The summed E-state index contributed by atoms with van der Waals surface area (Å²) < 4.78 is 19.3. The Morgan fingerprint density at radius 3 is 2.44 bits per heavy atom. The highest BCUT2D eigenvalue weighted by Gasteiger charge is 2.12. The molecule has 144 valence electrons. The lowest BCUT2D eigenvalue weighted by atomic mass is 10.2. The van der Waals surface area contributed by atoms with E-state index in [2.05, 4.69) is 17.6 Å². The Kier molecular flexibility index (Phi) is 8.71. The summed E-state index contributed by atoms with van der Waals surface area (Å²) in [6.45, 7) is 2.90. The Morgan fingerprint density at radius 2 is 1.74 bits per heavy atom. The first-order valence-electron chi connectivity index (χ1n) is 9.20. The van der Waals surface area contributed by atoms with Crippen molar-refractivity contribution in [2.24, 2.45) is 0 Å². The van der Waals surface area contributed by atoms with Gasteiger partial charge in [-0.15, -0.1) is 0 Å². The van der Waals surface area contributed by atoms with Gasteiger partial charge in [-0.2, -0.15) is 0 Å². The molecule has 0 atom stereocenters. The lowest BCUT2D eigenvalue weighted by Gasteiger charge is -2.11. The lowest BCUT2D eigenvalue weighted by molar-refractivity contribution is 0.0974. The van der Waals surface area contributed by atoms with Crippen LogP contribution in [0.5, 0.6) is 5.75 Å². The minimum absolute atomic E-state index is 0.0515. The van der Waals surface area contributed by atoms with Crippen LogP contribution in [0.1, 0.15) is 49.4 Å². The van der Waals surface area contributed by atoms with Crippen LogP contribution in [0, 0.1) is 5.82 Å². The normalized spacial score (nSPS) is 10.3. The average Bonchev–Trinajstić information content (AvgIpc) is 2.66. The molecule has 0 fully saturated rings. The number of benzene rings is 2. The molecule has 2 N–H and O–H groups in total. The van der Waals surface area contributed by atoms with E-state index >= 15 is 0 Å². The van der Waals surface area contributed by atoms with E-state index in [1.807, 2.05) is 24.3 Å². The van der Waals surface area contributed by atoms with Crippen molar-refractivity contribution in [3.05, 3.63) is 59.9 Å². The summed E-state index contributed by atoms with van der Waals surface area (Å²) in [6, 6.07) is 13.1. The molecule has 0 unspecified atom stereocenters. The summed E-state index contributed by atoms with van der Waals surface area (Å²) in [5.41, 5.74) is 0.661. The first-order chi connectivity index (χ1) is 13.1. The topological polar surface area (TPSA) is 50.4 Å². The van der Waals surface area contributed by atoms with Gasteiger partial charge in [-0.1, -0.05) is 44.7 Å². The van der Waals surface area contributed by atoms with Crippen molar-refractivity contribution in [3.8, 4) is 5.75 Å². The maximum Gasteiger partial charge on any atom is 0.260 e. The van der Waals surface area contributed by atoms with Crippen molar-refractivity contribution >= 4 is 28.9 Å². The van der Waals surface area contributed by atoms with Crippen LogP contribution in [0.3, 0.4) is 0 Å². The van der Waals surface area contributed by atoms with Gasteiger partial charge in [-0.25, -0.2) is 4.39 Å². The van der Waals surface area contributed by atoms with Crippen molar-refractivity contribution in [1.82, 2.24) is 5.32 Å². The van der Waals surface area contributed by atoms with Gasteiger partial charge in [-0.05, 0) is 55.0 Å². The van der Waals surface area contributed by atoms with Crippen LogP contribution >= 0.6 is 12.2 Å². The minimum atomic E-state index is -0.589. The molecule has 0 heterocycles. The minimum Gasteiger partial charge on any atom is -0.494 e. The fourth-order valence-electron chi connectivity index (χ4n) is 2.51. The number of halogens is 1. The number of thiocarbonyl (C=S) groups is 1. The predicted molar refractivity (Wildman–Crippen MR) is 111 cm³/mol. The molecule has 27 heavy (non-hydrogen) atoms. The molecule has 6 heteroatoms. The van der Waals surface area contributed by atoms with E-state index < -0.39 is 11.7 Å². The molecule has 0 aliphatic heterocycles. The molecule has 4 nitrogen and oxygen atoms in total. The zero-order chi connectivity index (χ0) is 19.5. The quantitative estimate of drug-likeness (QED) is 0.452. The van der Waals surface area contributed by atoms with E-state index in [0.29, 0.717) is 12.3 Å². The van der Waals surface area contributed by atoms with Crippen LogP contribution < -0.4 is 15.4 Å². The second-order valence-corrected chi connectivity index (χ2v) is 6.58. The van der Waals surface area contributed by atoms with Crippen molar-refractivity contribution in [1.29, 1.82) is 0 Å². The van der Waals surface area contributed by atoms with Crippen LogP contribution in [0.15, 0.2) is 48.5 Å².